The normalized spacial score (nSPS) is 25.8. The molecule has 0 bridgehead atoms. The van der Waals surface area contributed by atoms with Gasteiger partial charge in [0, 0.05) is 6.20 Å². The fourth-order valence-electron chi connectivity index (χ4n) is 1.90. The van der Waals surface area contributed by atoms with Crippen LogP contribution in [0.2, 0.25) is 0 Å². The molecule has 0 unspecified atom stereocenters. The molecule has 2 rings (SSSR count). The zero-order valence-electron chi connectivity index (χ0n) is 10.0. The predicted molar refractivity (Wildman–Crippen MR) is 59.8 cm³/mol. The van der Waals surface area contributed by atoms with Crippen molar-refractivity contribution < 1.29 is 18.3 Å². The fourth-order valence-corrected chi connectivity index (χ4v) is 1.90. The third kappa shape index (κ3) is 2.28. The molecular formula is C11H14F3N3O. The van der Waals surface area contributed by atoms with Crippen molar-refractivity contribution in [3.63, 3.8) is 0 Å². The first-order valence-electron chi connectivity index (χ1n) is 5.49. The monoisotopic (exact) mass is 261 g/mol. The summed E-state index contributed by atoms with van der Waals surface area (Å²) in [7, 11) is 1.79. The van der Waals surface area contributed by atoms with Crippen LogP contribution in [0.5, 0.6) is 0 Å². The number of pyridine rings is 1. The van der Waals surface area contributed by atoms with Crippen LogP contribution in [0.3, 0.4) is 0 Å². The van der Waals surface area contributed by atoms with Crippen LogP contribution in [0, 0.1) is 0 Å². The van der Waals surface area contributed by atoms with E-state index in [0.29, 0.717) is 6.67 Å². The number of halogens is 3. The Morgan fingerprint density at radius 3 is 2.61 bits per heavy atom. The van der Waals surface area contributed by atoms with E-state index in [4.69, 9.17) is 0 Å². The second-order valence-electron chi connectivity index (χ2n) is 4.42. The van der Waals surface area contributed by atoms with Crippen molar-refractivity contribution in [2.45, 2.75) is 25.4 Å². The molecule has 1 aliphatic heterocycles. The lowest BCUT2D eigenvalue weighted by Crippen LogP contribution is -2.34. The van der Waals surface area contributed by atoms with E-state index >= 15 is 0 Å². The van der Waals surface area contributed by atoms with Gasteiger partial charge >= 0.3 is 6.18 Å². The molecule has 0 spiro atoms. The molecule has 1 aromatic heterocycles. The number of likely N-dealkylation sites (N-methyl/N-ethyl adjacent to an activating group) is 1. The molecule has 0 aromatic carbocycles. The zero-order chi connectivity index (χ0) is 13.5. The second kappa shape index (κ2) is 4.40. The highest BCUT2D eigenvalue weighted by atomic mass is 19.4. The molecule has 2 atom stereocenters. The molecule has 4 nitrogen and oxygen atoms in total. The third-order valence-electron chi connectivity index (χ3n) is 3.19. The molecule has 1 saturated heterocycles. The molecule has 0 saturated carbocycles. The van der Waals surface area contributed by atoms with Crippen LogP contribution in [0.1, 0.15) is 12.5 Å². The molecule has 2 heterocycles. The molecule has 1 aliphatic rings. The Morgan fingerprint density at radius 2 is 2.11 bits per heavy atom. The number of nitrogens with zero attached hydrogens (tertiary/aromatic N) is 3. The second-order valence-corrected chi connectivity index (χ2v) is 4.42. The minimum absolute atomic E-state index is 0.133. The van der Waals surface area contributed by atoms with Crippen molar-refractivity contribution in [3.05, 3.63) is 23.9 Å². The smallest absolute Gasteiger partial charge is 0.372 e. The van der Waals surface area contributed by atoms with Gasteiger partial charge in [-0.05, 0) is 26.1 Å². The number of rotatable bonds is 1. The van der Waals surface area contributed by atoms with Crippen molar-refractivity contribution in [2.24, 2.45) is 0 Å². The van der Waals surface area contributed by atoms with Crippen molar-refractivity contribution in [3.8, 4) is 0 Å². The van der Waals surface area contributed by atoms with Crippen molar-refractivity contribution in [1.82, 2.24) is 9.88 Å². The molecule has 1 aromatic rings. The maximum Gasteiger partial charge on any atom is 0.416 e. The highest BCUT2D eigenvalue weighted by Gasteiger charge is 2.36. The lowest BCUT2D eigenvalue weighted by atomic mass is 10.2. The van der Waals surface area contributed by atoms with E-state index in [1.807, 2.05) is 4.90 Å². The summed E-state index contributed by atoms with van der Waals surface area (Å²) in [4.78, 5) is 7.18. The molecule has 0 aliphatic carbocycles. The van der Waals surface area contributed by atoms with E-state index in [0.717, 1.165) is 18.3 Å². The number of hydrogen-bond acceptors (Lipinski definition) is 4. The topological polar surface area (TPSA) is 39.6 Å². The highest BCUT2D eigenvalue weighted by Crippen LogP contribution is 2.32. The van der Waals surface area contributed by atoms with Crippen molar-refractivity contribution in [1.29, 1.82) is 0 Å². The standard InChI is InChI=1S/C11H14F3N3O/c1-7-10(18)17(6-16(7)2)9-5-8(3-4-15-9)11(12,13)14/h3-5,7,10,18H,6H2,1-2H3/t7-,10+/m0/s1. The molecule has 18 heavy (non-hydrogen) atoms. The fraction of sp³-hybridized carbons (Fsp3) is 0.545. The number of anilines is 1. The molecule has 7 heteroatoms. The first-order valence-corrected chi connectivity index (χ1v) is 5.49. The first kappa shape index (κ1) is 13.1. The van der Waals surface area contributed by atoms with Gasteiger partial charge in [-0.1, -0.05) is 0 Å². The van der Waals surface area contributed by atoms with Gasteiger partial charge in [-0.15, -0.1) is 0 Å². The van der Waals surface area contributed by atoms with E-state index in [1.165, 1.54) is 4.90 Å². The average molecular weight is 261 g/mol. The van der Waals surface area contributed by atoms with Gasteiger partial charge in [0.15, 0.2) is 0 Å². The van der Waals surface area contributed by atoms with Crippen molar-refractivity contribution >= 4 is 5.82 Å². The lowest BCUT2D eigenvalue weighted by molar-refractivity contribution is -0.137. The zero-order valence-corrected chi connectivity index (χ0v) is 10.0. The van der Waals surface area contributed by atoms with Gasteiger partial charge in [-0.25, -0.2) is 4.98 Å². The third-order valence-corrected chi connectivity index (χ3v) is 3.19. The Labute approximate surface area is 103 Å². The van der Waals surface area contributed by atoms with Crippen LogP contribution < -0.4 is 4.90 Å². The Kier molecular flexibility index (Phi) is 3.20. The van der Waals surface area contributed by atoms with Crippen LogP contribution in [0.25, 0.3) is 0 Å². The quantitative estimate of drug-likeness (QED) is 0.832. The summed E-state index contributed by atoms with van der Waals surface area (Å²) in [6.45, 7) is 2.15. The number of aromatic nitrogens is 1. The Balaban J connectivity index is 2.30. The SMILES string of the molecule is C[C@H]1[C@@H](O)N(c2cc(C(F)(F)F)ccn2)CN1C. The van der Waals surface area contributed by atoms with Crippen molar-refractivity contribution in [2.75, 3.05) is 18.6 Å². The van der Waals surface area contributed by atoms with E-state index in [1.54, 1.807) is 14.0 Å². The largest absolute Gasteiger partial charge is 0.416 e. The van der Waals surface area contributed by atoms with Gasteiger partial charge in [0.05, 0.1) is 18.3 Å². The number of hydrogen-bond donors (Lipinski definition) is 1. The molecule has 1 N–H and O–H groups in total. The van der Waals surface area contributed by atoms with E-state index in [9.17, 15) is 18.3 Å². The first-order chi connectivity index (χ1) is 8.30. The van der Waals surface area contributed by atoms with E-state index in [2.05, 4.69) is 4.98 Å². The van der Waals surface area contributed by atoms with Gasteiger partial charge in [0.1, 0.15) is 12.0 Å². The van der Waals surface area contributed by atoms with Crippen LogP contribution in [-0.4, -0.2) is 41.0 Å². The molecule has 0 amide bonds. The minimum Gasteiger partial charge on any atom is -0.372 e. The van der Waals surface area contributed by atoms with Gasteiger partial charge < -0.3 is 10.0 Å². The summed E-state index contributed by atoms with van der Waals surface area (Å²) in [5.41, 5.74) is -0.762. The predicted octanol–water partition coefficient (Wildman–Crippen LogP) is 1.52. The number of alkyl halides is 3. The maximum atomic E-state index is 12.6. The summed E-state index contributed by atoms with van der Waals surface area (Å²) in [6.07, 6.45) is -4.15. The summed E-state index contributed by atoms with van der Waals surface area (Å²) in [5.74, 6) is 0.133. The number of aliphatic hydroxyl groups is 1. The lowest BCUT2D eigenvalue weighted by Gasteiger charge is -2.22. The molecule has 1 fully saturated rings. The van der Waals surface area contributed by atoms with Crippen LogP contribution in [0.15, 0.2) is 18.3 Å². The summed E-state index contributed by atoms with van der Waals surface area (Å²) in [5, 5.41) is 9.94. The van der Waals surface area contributed by atoms with Crippen LogP contribution >= 0.6 is 0 Å². The Hall–Kier alpha value is -1.34. The summed E-state index contributed by atoms with van der Waals surface area (Å²) < 4.78 is 37.8. The maximum absolute atomic E-state index is 12.6. The van der Waals surface area contributed by atoms with Gasteiger partial charge in [0.2, 0.25) is 0 Å². The van der Waals surface area contributed by atoms with Gasteiger partial charge in [-0.3, -0.25) is 4.90 Å². The number of aliphatic hydroxyl groups excluding tert-OH is 1. The molecular weight excluding hydrogens is 247 g/mol. The summed E-state index contributed by atoms with van der Waals surface area (Å²) in [6, 6.07) is 1.72. The minimum atomic E-state index is -4.40. The van der Waals surface area contributed by atoms with Gasteiger partial charge in [-0.2, -0.15) is 13.2 Å². The Bertz CT molecular complexity index is 438. The highest BCUT2D eigenvalue weighted by molar-refractivity contribution is 5.43. The molecule has 0 radical (unpaired) electrons. The van der Waals surface area contributed by atoms with Gasteiger partial charge in [0.25, 0.3) is 0 Å². The van der Waals surface area contributed by atoms with E-state index < -0.39 is 18.0 Å². The van der Waals surface area contributed by atoms with Crippen LogP contribution in [0.4, 0.5) is 19.0 Å². The average Bonchev–Trinajstić information content (AvgIpc) is 2.56. The molecule has 100 valence electrons. The van der Waals surface area contributed by atoms with Crippen LogP contribution in [-0.2, 0) is 6.18 Å². The summed E-state index contributed by atoms with van der Waals surface area (Å²) >= 11 is 0. The Morgan fingerprint density at radius 1 is 1.44 bits per heavy atom. The van der Waals surface area contributed by atoms with E-state index in [-0.39, 0.29) is 11.9 Å².